The maximum absolute atomic E-state index is 2.56. The first-order valence-corrected chi connectivity index (χ1v) is 23.2. The minimum atomic E-state index is -0.535. The zero-order valence-corrected chi connectivity index (χ0v) is 36.5. The SMILES string of the molecule is CC1(C)c2ccccc2-c2ccc(N(c3cccc(C4(c5ccccc5)c5ccccc5-c5ccccc54)c3)c3ccc4sc5ccccc5c4c3-c3ccc4ccccc4c3)cc21. The quantitative estimate of drug-likeness (QED) is 0.161. The molecule has 2 aliphatic carbocycles. The normalized spacial score (nSPS) is 14.0. The first-order valence-electron chi connectivity index (χ1n) is 22.3. The molecule has 2 aliphatic rings. The third kappa shape index (κ3) is 5.24. The van der Waals surface area contributed by atoms with Crippen molar-refractivity contribution in [1.29, 1.82) is 0 Å². The van der Waals surface area contributed by atoms with Crippen molar-refractivity contribution in [3.05, 3.63) is 258 Å². The highest BCUT2D eigenvalue weighted by atomic mass is 32.1. The van der Waals surface area contributed by atoms with Crippen LogP contribution in [0.5, 0.6) is 0 Å². The van der Waals surface area contributed by atoms with Crippen LogP contribution in [0.4, 0.5) is 17.1 Å². The standard InChI is InChI=1S/C62H43NS/c1-61(2)52-27-12-8-23-47(52)50-34-33-46(39-55(50)61)63(56-35-36-58-60(51-26-11-15-30-57(51)64-58)59(56)42-32-31-40-17-6-7-18-41(40)37-42)45-22-16-21-44(38-45)62(43-19-4-3-5-20-43)53-28-13-9-24-48(53)49-25-10-14-29-54(49)62/h3-39H,1-2H3. The second-order valence-electron chi connectivity index (χ2n) is 18.0. The molecule has 0 radical (unpaired) electrons. The number of fused-ring (bicyclic) bond motifs is 10. The van der Waals surface area contributed by atoms with Crippen molar-refractivity contribution in [2.24, 2.45) is 0 Å². The molecule has 0 N–H and O–H groups in total. The van der Waals surface area contributed by atoms with Crippen molar-refractivity contribution < 1.29 is 0 Å². The van der Waals surface area contributed by atoms with E-state index in [1.807, 2.05) is 11.3 Å². The van der Waals surface area contributed by atoms with Crippen LogP contribution in [-0.2, 0) is 10.8 Å². The fraction of sp³-hybridized carbons (Fsp3) is 0.0645. The Labute approximate surface area is 378 Å². The Morgan fingerprint density at radius 3 is 1.78 bits per heavy atom. The molecule has 302 valence electrons. The van der Waals surface area contributed by atoms with E-state index in [-0.39, 0.29) is 5.41 Å². The summed E-state index contributed by atoms with van der Waals surface area (Å²) in [5.74, 6) is 0. The van der Waals surface area contributed by atoms with E-state index in [4.69, 9.17) is 0 Å². The Morgan fingerprint density at radius 2 is 1.00 bits per heavy atom. The fourth-order valence-electron chi connectivity index (χ4n) is 11.5. The summed E-state index contributed by atoms with van der Waals surface area (Å²) in [5.41, 5.74) is 18.2. The summed E-state index contributed by atoms with van der Waals surface area (Å²) >= 11 is 1.88. The van der Waals surface area contributed by atoms with Gasteiger partial charge in [-0.15, -0.1) is 11.3 Å². The molecule has 0 atom stereocenters. The summed E-state index contributed by atoms with van der Waals surface area (Å²) in [5, 5.41) is 5.05. The summed E-state index contributed by atoms with van der Waals surface area (Å²) < 4.78 is 2.58. The predicted octanol–water partition coefficient (Wildman–Crippen LogP) is 17.0. The molecule has 64 heavy (non-hydrogen) atoms. The summed E-state index contributed by atoms with van der Waals surface area (Å²) in [6, 6.07) is 84.3. The topological polar surface area (TPSA) is 3.24 Å². The van der Waals surface area contributed by atoms with Gasteiger partial charge in [0.2, 0.25) is 0 Å². The number of nitrogens with zero attached hydrogens (tertiary/aromatic N) is 1. The van der Waals surface area contributed by atoms with Crippen molar-refractivity contribution in [1.82, 2.24) is 0 Å². The molecule has 1 aromatic heterocycles. The van der Waals surface area contributed by atoms with Crippen LogP contribution >= 0.6 is 11.3 Å². The van der Waals surface area contributed by atoms with Gasteiger partial charge in [-0.1, -0.05) is 190 Å². The number of rotatable bonds is 6. The van der Waals surface area contributed by atoms with E-state index in [1.165, 1.54) is 97.7 Å². The molecule has 0 spiro atoms. The van der Waals surface area contributed by atoms with Crippen molar-refractivity contribution in [3.8, 4) is 33.4 Å². The molecule has 1 nitrogen and oxygen atoms in total. The zero-order valence-electron chi connectivity index (χ0n) is 35.7. The molecule has 13 rings (SSSR count). The second kappa shape index (κ2) is 14.0. The van der Waals surface area contributed by atoms with Gasteiger partial charge in [0.15, 0.2) is 0 Å². The van der Waals surface area contributed by atoms with Crippen molar-refractivity contribution in [3.63, 3.8) is 0 Å². The highest BCUT2D eigenvalue weighted by molar-refractivity contribution is 7.26. The van der Waals surface area contributed by atoms with E-state index >= 15 is 0 Å². The fourth-order valence-corrected chi connectivity index (χ4v) is 12.6. The molecule has 0 saturated heterocycles. The Hall–Kier alpha value is -7.52. The van der Waals surface area contributed by atoms with Gasteiger partial charge < -0.3 is 4.90 Å². The van der Waals surface area contributed by atoms with Gasteiger partial charge in [0.25, 0.3) is 0 Å². The van der Waals surface area contributed by atoms with Crippen LogP contribution in [0.2, 0.25) is 0 Å². The maximum Gasteiger partial charge on any atom is 0.0714 e. The lowest BCUT2D eigenvalue weighted by molar-refractivity contribution is 0.660. The molecule has 10 aromatic carbocycles. The van der Waals surface area contributed by atoms with Crippen LogP contribution in [0.3, 0.4) is 0 Å². The Morgan fingerprint density at radius 1 is 0.391 bits per heavy atom. The van der Waals surface area contributed by atoms with Gasteiger partial charge in [0.05, 0.1) is 11.1 Å². The lowest BCUT2D eigenvalue weighted by atomic mass is 9.67. The molecular formula is C62H43NS. The van der Waals surface area contributed by atoms with Gasteiger partial charge >= 0.3 is 0 Å². The van der Waals surface area contributed by atoms with Crippen molar-refractivity contribution in [2.45, 2.75) is 24.7 Å². The molecule has 0 bridgehead atoms. The second-order valence-corrected chi connectivity index (χ2v) is 19.1. The maximum atomic E-state index is 2.56. The van der Waals surface area contributed by atoms with Crippen LogP contribution in [-0.4, -0.2) is 0 Å². The largest absolute Gasteiger partial charge is 0.310 e. The third-order valence-electron chi connectivity index (χ3n) is 14.3. The zero-order chi connectivity index (χ0) is 42.6. The van der Waals surface area contributed by atoms with Crippen molar-refractivity contribution >= 4 is 59.3 Å². The van der Waals surface area contributed by atoms with Gasteiger partial charge in [0, 0.05) is 42.5 Å². The smallest absolute Gasteiger partial charge is 0.0714 e. The van der Waals surface area contributed by atoms with Gasteiger partial charge in [0.1, 0.15) is 0 Å². The summed E-state index contributed by atoms with van der Waals surface area (Å²) in [6.45, 7) is 4.77. The molecule has 0 amide bonds. The number of anilines is 3. The highest BCUT2D eigenvalue weighted by Gasteiger charge is 2.46. The minimum Gasteiger partial charge on any atom is -0.310 e. The van der Waals surface area contributed by atoms with Crippen molar-refractivity contribution in [2.75, 3.05) is 4.90 Å². The van der Waals surface area contributed by atoms with E-state index in [0.29, 0.717) is 0 Å². The summed E-state index contributed by atoms with van der Waals surface area (Å²) in [6.07, 6.45) is 0. The lowest BCUT2D eigenvalue weighted by Gasteiger charge is -2.35. The Bertz CT molecular complexity index is 3620. The average Bonchev–Trinajstić information content (AvgIpc) is 3.96. The molecule has 0 unspecified atom stereocenters. The minimum absolute atomic E-state index is 0.168. The highest BCUT2D eigenvalue weighted by Crippen LogP contribution is 2.58. The molecule has 0 saturated carbocycles. The molecule has 2 heteroatoms. The monoisotopic (exact) mass is 833 g/mol. The number of thiophene rings is 1. The van der Waals surface area contributed by atoms with E-state index < -0.39 is 5.41 Å². The van der Waals surface area contributed by atoms with E-state index in [2.05, 4.69) is 243 Å². The molecule has 1 heterocycles. The van der Waals surface area contributed by atoms with Crippen LogP contribution in [0.15, 0.2) is 224 Å². The van der Waals surface area contributed by atoms with Crippen LogP contribution < -0.4 is 4.90 Å². The summed E-state index contributed by atoms with van der Waals surface area (Å²) in [7, 11) is 0. The Balaban J connectivity index is 1.13. The predicted molar refractivity (Wildman–Crippen MR) is 272 cm³/mol. The lowest BCUT2D eigenvalue weighted by Crippen LogP contribution is -2.28. The van der Waals surface area contributed by atoms with Gasteiger partial charge in [-0.2, -0.15) is 0 Å². The first kappa shape index (κ1) is 37.1. The van der Waals surface area contributed by atoms with E-state index in [9.17, 15) is 0 Å². The molecular weight excluding hydrogens is 791 g/mol. The van der Waals surface area contributed by atoms with Crippen LogP contribution in [0, 0.1) is 0 Å². The van der Waals surface area contributed by atoms with Crippen LogP contribution in [0.1, 0.15) is 47.2 Å². The van der Waals surface area contributed by atoms with Gasteiger partial charge in [-0.25, -0.2) is 0 Å². The molecule has 0 fully saturated rings. The molecule has 11 aromatic rings. The molecule has 0 aliphatic heterocycles. The number of hydrogen-bond donors (Lipinski definition) is 0. The number of hydrogen-bond acceptors (Lipinski definition) is 2. The van der Waals surface area contributed by atoms with Gasteiger partial charge in [-0.05, 0) is 121 Å². The first-order chi connectivity index (χ1) is 31.5. The third-order valence-corrected chi connectivity index (χ3v) is 15.5. The van der Waals surface area contributed by atoms with Crippen LogP contribution in [0.25, 0.3) is 64.3 Å². The van der Waals surface area contributed by atoms with E-state index in [1.54, 1.807) is 0 Å². The van der Waals surface area contributed by atoms with E-state index in [0.717, 1.165) is 17.1 Å². The average molecular weight is 834 g/mol. The summed E-state index contributed by atoms with van der Waals surface area (Å²) in [4.78, 5) is 2.56. The number of benzene rings is 10. The van der Waals surface area contributed by atoms with Gasteiger partial charge in [-0.3, -0.25) is 0 Å². The Kier molecular flexibility index (Phi) is 8.11.